The lowest BCUT2D eigenvalue weighted by Crippen LogP contribution is -2.01. The van der Waals surface area contributed by atoms with Crippen LogP contribution in [-0.4, -0.2) is 11.0 Å². The van der Waals surface area contributed by atoms with Crippen LogP contribution in [0.4, 0.5) is 10.8 Å². The van der Waals surface area contributed by atoms with Gasteiger partial charge in [0.15, 0.2) is 16.6 Å². The Morgan fingerprint density at radius 3 is 3.00 bits per heavy atom. The molecule has 4 nitrogen and oxygen atoms in total. The van der Waals surface area contributed by atoms with Crippen LogP contribution in [0.5, 0.6) is 5.75 Å². The average Bonchev–Trinajstić information content (AvgIpc) is 2.69. The molecule has 0 amide bonds. The molecule has 0 bridgehead atoms. The van der Waals surface area contributed by atoms with Crippen LogP contribution in [0.3, 0.4) is 0 Å². The second-order valence-electron chi connectivity index (χ2n) is 4.00. The van der Waals surface area contributed by atoms with Crippen LogP contribution in [-0.2, 0) is 6.54 Å². The quantitative estimate of drug-likeness (QED) is 0.870. The molecule has 2 rings (SSSR count). The van der Waals surface area contributed by atoms with Gasteiger partial charge in [0.2, 0.25) is 0 Å². The van der Waals surface area contributed by atoms with Crippen LogP contribution in [0, 0.1) is 6.92 Å². The van der Waals surface area contributed by atoms with Gasteiger partial charge in [-0.3, -0.25) is 0 Å². The van der Waals surface area contributed by atoms with Crippen LogP contribution in [0.1, 0.15) is 18.1 Å². The molecule has 0 atom stereocenters. The fraction of sp³-hybridized carbons (Fsp3) is 0.308. The van der Waals surface area contributed by atoms with E-state index in [0.717, 1.165) is 11.5 Å². The van der Waals surface area contributed by atoms with Gasteiger partial charge in [-0.15, -0.1) is 0 Å². The molecule has 0 aliphatic carbocycles. The Bertz CT molecular complexity index is 525. The number of nitrogen functional groups attached to an aromatic ring is 1. The van der Waals surface area contributed by atoms with E-state index in [2.05, 4.69) is 40.9 Å². The Balaban J connectivity index is 2.06. The van der Waals surface area contributed by atoms with Gasteiger partial charge in [0.25, 0.3) is 0 Å². The summed E-state index contributed by atoms with van der Waals surface area (Å²) in [6.07, 6.45) is 0. The molecule has 0 saturated heterocycles. The first-order valence-corrected chi connectivity index (χ1v) is 6.65. The van der Waals surface area contributed by atoms with Crippen molar-refractivity contribution in [2.75, 3.05) is 17.7 Å². The summed E-state index contributed by atoms with van der Waals surface area (Å²) >= 11 is 1.33. The molecule has 96 valence electrons. The summed E-state index contributed by atoms with van der Waals surface area (Å²) in [4.78, 5) is 0. The van der Waals surface area contributed by atoms with Crippen molar-refractivity contribution in [2.45, 2.75) is 20.4 Å². The number of hydrogen-bond acceptors (Lipinski definition) is 5. The highest BCUT2D eigenvalue weighted by molar-refractivity contribution is 7.11. The molecule has 0 unspecified atom stereocenters. The standard InChI is InChI=1S/C13H17N3OS/c1-3-17-11-12(14)16-18-13(11)15-8-10-6-4-5-9(2)7-10/h4-7,15H,3,8H2,1-2H3,(H2,14,16). The number of benzene rings is 1. The summed E-state index contributed by atoms with van der Waals surface area (Å²) < 4.78 is 9.58. The average molecular weight is 263 g/mol. The van der Waals surface area contributed by atoms with Gasteiger partial charge in [-0.1, -0.05) is 29.8 Å². The molecule has 3 N–H and O–H groups in total. The van der Waals surface area contributed by atoms with Gasteiger partial charge in [-0.2, -0.15) is 4.37 Å². The van der Waals surface area contributed by atoms with Crippen molar-refractivity contribution in [1.82, 2.24) is 4.37 Å². The number of nitrogens with one attached hydrogen (secondary N) is 1. The molecule has 2 aromatic rings. The summed E-state index contributed by atoms with van der Waals surface area (Å²) in [5.74, 6) is 1.11. The van der Waals surface area contributed by atoms with Crippen molar-refractivity contribution in [3.05, 3.63) is 35.4 Å². The lowest BCUT2D eigenvalue weighted by atomic mass is 10.1. The van der Waals surface area contributed by atoms with Gasteiger partial charge >= 0.3 is 0 Å². The number of aryl methyl sites for hydroxylation is 1. The van der Waals surface area contributed by atoms with E-state index < -0.39 is 0 Å². The molecular formula is C13H17N3OS. The molecule has 18 heavy (non-hydrogen) atoms. The van der Waals surface area contributed by atoms with E-state index in [1.54, 1.807) is 0 Å². The molecule has 0 fully saturated rings. The minimum Gasteiger partial charge on any atom is -0.487 e. The maximum atomic E-state index is 5.75. The van der Waals surface area contributed by atoms with E-state index in [0.29, 0.717) is 18.2 Å². The van der Waals surface area contributed by atoms with E-state index in [1.807, 2.05) is 6.92 Å². The fourth-order valence-electron chi connectivity index (χ4n) is 1.69. The summed E-state index contributed by atoms with van der Waals surface area (Å²) in [6.45, 7) is 5.34. The Kier molecular flexibility index (Phi) is 4.04. The zero-order valence-electron chi connectivity index (χ0n) is 10.6. The highest BCUT2D eigenvalue weighted by Gasteiger charge is 2.11. The maximum Gasteiger partial charge on any atom is 0.197 e. The van der Waals surface area contributed by atoms with E-state index in [9.17, 15) is 0 Å². The van der Waals surface area contributed by atoms with Gasteiger partial charge in [0.1, 0.15) is 0 Å². The number of rotatable bonds is 5. The van der Waals surface area contributed by atoms with Crippen molar-refractivity contribution in [3.8, 4) is 5.75 Å². The van der Waals surface area contributed by atoms with Crippen LogP contribution in [0.15, 0.2) is 24.3 Å². The summed E-state index contributed by atoms with van der Waals surface area (Å²) in [5, 5.41) is 4.20. The predicted molar refractivity (Wildman–Crippen MR) is 76.2 cm³/mol. The van der Waals surface area contributed by atoms with Crippen molar-refractivity contribution in [2.24, 2.45) is 0 Å². The molecule has 1 heterocycles. The Hall–Kier alpha value is -1.75. The van der Waals surface area contributed by atoms with Gasteiger partial charge in [0, 0.05) is 6.54 Å². The number of hydrogen-bond donors (Lipinski definition) is 2. The van der Waals surface area contributed by atoms with Crippen molar-refractivity contribution in [1.29, 1.82) is 0 Å². The van der Waals surface area contributed by atoms with E-state index in [4.69, 9.17) is 10.5 Å². The molecule has 1 aromatic heterocycles. The van der Waals surface area contributed by atoms with Crippen molar-refractivity contribution in [3.63, 3.8) is 0 Å². The molecule has 5 heteroatoms. The molecule has 1 aromatic carbocycles. The van der Waals surface area contributed by atoms with Crippen molar-refractivity contribution < 1.29 is 4.74 Å². The van der Waals surface area contributed by atoms with Crippen molar-refractivity contribution >= 4 is 22.4 Å². The highest BCUT2D eigenvalue weighted by Crippen LogP contribution is 2.35. The summed E-state index contributed by atoms with van der Waals surface area (Å²) in [5.41, 5.74) is 8.23. The van der Waals surface area contributed by atoms with Gasteiger partial charge in [0.05, 0.1) is 6.61 Å². The largest absolute Gasteiger partial charge is 0.487 e. The van der Waals surface area contributed by atoms with E-state index >= 15 is 0 Å². The SMILES string of the molecule is CCOc1c(N)nsc1NCc1cccc(C)c1. The molecule has 0 spiro atoms. The molecular weight excluding hydrogens is 246 g/mol. The second kappa shape index (κ2) is 5.73. The smallest absolute Gasteiger partial charge is 0.197 e. The Morgan fingerprint density at radius 2 is 2.28 bits per heavy atom. The monoisotopic (exact) mass is 263 g/mol. The van der Waals surface area contributed by atoms with Crippen LogP contribution >= 0.6 is 11.5 Å². The first-order valence-electron chi connectivity index (χ1n) is 5.88. The zero-order chi connectivity index (χ0) is 13.0. The van der Waals surface area contributed by atoms with Gasteiger partial charge in [-0.05, 0) is 30.9 Å². The first-order chi connectivity index (χ1) is 8.70. The topological polar surface area (TPSA) is 60.2 Å². The third-order valence-corrected chi connectivity index (χ3v) is 3.30. The van der Waals surface area contributed by atoms with E-state index in [-0.39, 0.29) is 0 Å². The Morgan fingerprint density at radius 1 is 1.44 bits per heavy atom. The molecule has 0 aliphatic rings. The Labute approximate surface area is 111 Å². The minimum absolute atomic E-state index is 0.452. The predicted octanol–water partition coefficient (Wildman–Crippen LogP) is 3.04. The normalized spacial score (nSPS) is 10.3. The number of ether oxygens (including phenoxy) is 1. The highest BCUT2D eigenvalue weighted by atomic mass is 32.1. The molecule has 0 saturated carbocycles. The lowest BCUT2D eigenvalue weighted by molar-refractivity contribution is 0.344. The lowest BCUT2D eigenvalue weighted by Gasteiger charge is -2.08. The second-order valence-corrected chi connectivity index (χ2v) is 4.78. The van der Waals surface area contributed by atoms with Gasteiger partial charge < -0.3 is 15.8 Å². The van der Waals surface area contributed by atoms with E-state index in [1.165, 1.54) is 22.7 Å². The minimum atomic E-state index is 0.452. The molecule has 0 radical (unpaired) electrons. The third-order valence-electron chi connectivity index (χ3n) is 2.50. The van der Waals surface area contributed by atoms with Gasteiger partial charge in [-0.25, -0.2) is 0 Å². The number of aromatic nitrogens is 1. The third kappa shape index (κ3) is 2.92. The molecule has 0 aliphatic heterocycles. The van der Waals surface area contributed by atoms with Crippen LogP contribution in [0.25, 0.3) is 0 Å². The zero-order valence-corrected chi connectivity index (χ0v) is 11.4. The first kappa shape index (κ1) is 12.7. The summed E-state index contributed by atoms with van der Waals surface area (Å²) in [6, 6.07) is 8.37. The summed E-state index contributed by atoms with van der Waals surface area (Å²) in [7, 11) is 0. The number of nitrogens with zero attached hydrogens (tertiary/aromatic N) is 1. The van der Waals surface area contributed by atoms with Crippen LogP contribution in [0.2, 0.25) is 0 Å². The van der Waals surface area contributed by atoms with Crippen LogP contribution < -0.4 is 15.8 Å². The maximum absolute atomic E-state index is 5.75. The number of nitrogens with two attached hydrogens (primary N) is 1. The fourth-order valence-corrected chi connectivity index (χ4v) is 2.35. The number of anilines is 2.